The Hall–Kier alpha value is -0.0800. The number of hydrogen-bond donors (Lipinski definition) is 2. The van der Waals surface area contributed by atoms with E-state index >= 15 is 0 Å². The molecule has 96 valence electrons. The summed E-state index contributed by atoms with van der Waals surface area (Å²) >= 11 is 0. The van der Waals surface area contributed by atoms with Crippen LogP contribution in [0.4, 0.5) is 0 Å². The lowest BCUT2D eigenvalue weighted by atomic mass is 9.80. The lowest BCUT2D eigenvalue weighted by Crippen LogP contribution is -2.44. The van der Waals surface area contributed by atoms with Crippen LogP contribution in [-0.2, 0) is 0 Å². The van der Waals surface area contributed by atoms with Crippen molar-refractivity contribution in [2.75, 3.05) is 6.54 Å². The lowest BCUT2D eigenvalue weighted by Gasteiger charge is -2.34. The first-order chi connectivity index (χ1) is 7.33. The average molecular weight is 227 g/mol. The number of aliphatic hydroxyl groups excluding tert-OH is 1. The zero-order chi connectivity index (χ0) is 12.3. The largest absolute Gasteiger partial charge is 0.392 e. The van der Waals surface area contributed by atoms with Crippen molar-refractivity contribution in [2.24, 2.45) is 17.3 Å². The van der Waals surface area contributed by atoms with Gasteiger partial charge < -0.3 is 10.4 Å². The van der Waals surface area contributed by atoms with E-state index in [2.05, 4.69) is 39.9 Å². The van der Waals surface area contributed by atoms with Gasteiger partial charge in [0.1, 0.15) is 0 Å². The topological polar surface area (TPSA) is 32.3 Å². The van der Waals surface area contributed by atoms with Crippen molar-refractivity contribution in [1.29, 1.82) is 0 Å². The lowest BCUT2D eigenvalue weighted by molar-refractivity contribution is 0.0122. The Labute approximate surface area is 101 Å². The number of rotatable bonds is 5. The zero-order valence-electron chi connectivity index (χ0n) is 11.6. The highest BCUT2D eigenvalue weighted by Gasteiger charge is 2.31. The monoisotopic (exact) mass is 227 g/mol. The molecule has 2 heteroatoms. The van der Waals surface area contributed by atoms with Crippen molar-refractivity contribution in [3.05, 3.63) is 0 Å². The molecule has 3 unspecified atom stereocenters. The highest BCUT2D eigenvalue weighted by molar-refractivity contribution is 4.85. The van der Waals surface area contributed by atoms with Gasteiger partial charge >= 0.3 is 0 Å². The molecule has 1 saturated carbocycles. The third kappa shape index (κ3) is 3.74. The van der Waals surface area contributed by atoms with E-state index < -0.39 is 0 Å². The molecule has 0 saturated heterocycles. The Bertz CT molecular complexity index is 213. The van der Waals surface area contributed by atoms with E-state index in [9.17, 15) is 5.11 Å². The van der Waals surface area contributed by atoms with Crippen molar-refractivity contribution in [2.45, 2.75) is 66.0 Å². The van der Waals surface area contributed by atoms with Gasteiger partial charge in [-0.1, -0.05) is 34.6 Å². The van der Waals surface area contributed by atoms with Gasteiger partial charge in [0.05, 0.1) is 6.10 Å². The minimum absolute atomic E-state index is 0.0278. The quantitative estimate of drug-likeness (QED) is 0.757. The van der Waals surface area contributed by atoms with Gasteiger partial charge in [0.2, 0.25) is 0 Å². The Morgan fingerprint density at radius 3 is 2.38 bits per heavy atom. The Morgan fingerprint density at radius 1 is 1.31 bits per heavy atom. The maximum atomic E-state index is 10.1. The van der Waals surface area contributed by atoms with Gasteiger partial charge in [-0.25, -0.2) is 0 Å². The third-order valence-corrected chi connectivity index (χ3v) is 3.97. The van der Waals surface area contributed by atoms with Crippen LogP contribution < -0.4 is 5.32 Å². The minimum Gasteiger partial charge on any atom is -0.392 e. The van der Waals surface area contributed by atoms with Crippen LogP contribution in [0.2, 0.25) is 0 Å². The fourth-order valence-electron chi connectivity index (χ4n) is 2.81. The molecule has 0 bridgehead atoms. The van der Waals surface area contributed by atoms with Crippen molar-refractivity contribution in [3.63, 3.8) is 0 Å². The first-order valence-corrected chi connectivity index (χ1v) is 6.74. The van der Waals surface area contributed by atoms with Crippen LogP contribution in [0.5, 0.6) is 0 Å². The van der Waals surface area contributed by atoms with E-state index in [0.29, 0.717) is 12.0 Å². The van der Waals surface area contributed by atoms with Crippen LogP contribution in [0.25, 0.3) is 0 Å². The summed E-state index contributed by atoms with van der Waals surface area (Å²) in [4.78, 5) is 0. The van der Waals surface area contributed by atoms with E-state index in [0.717, 1.165) is 12.5 Å². The summed E-state index contributed by atoms with van der Waals surface area (Å²) in [7, 11) is 0. The van der Waals surface area contributed by atoms with E-state index in [-0.39, 0.29) is 11.5 Å². The summed E-state index contributed by atoms with van der Waals surface area (Å²) in [5.74, 6) is 1.20. The van der Waals surface area contributed by atoms with Gasteiger partial charge in [-0.05, 0) is 31.1 Å². The molecular weight excluding hydrogens is 198 g/mol. The van der Waals surface area contributed by atoms with E-state index in [1.54, 1.807) is 0 Å². The molecule has 0 amide bonds. The smallest absolute Gasteiger partial charge is 0.0626 e. The van der Waals surface area contributed by atoms with Crippen molar-refractivity contribution in [1.82, 2.24) is 5.32 Å². The second-order valence-corrected chi connectivity index (χ2v) is 6.67. The second-order valence-electron chi connectivity index (χ2n) is 6.67. The fourth-order valence-corrected chi connectivity index (χ4v) is 2.81. The molecule has 1 aliphatic carbocycles. The Morgan fingerprint density at radius 2 is 1.94 bits per heavy atom. The standard InChI is InChI=1S/C14H29NO/c1-10(2)13(16)14(4,5)9-15-12-7-6-11(3)8-12/h10-13,15-16H,6-9H2,1-5H3. The normalized spacial score (nSPS) is 28.7. The first kappa shape index (κ1) is 14.0. The molecule has 2 N–H and O–H groups in total. The highest BCUT2D eigenvalue weighted by atomic mass is 16.3. The van der Waals surface area contributed by atoms with Crippen LogP contribution in [0.3, 0.4) is 0 Å². The Kier molecular flexibility index (Phi) is 4.81. The molecular formula is C14H29NO. The number of hydrogen-bond acceptors (Lipinski definition) is 2. The van der Waals surface area contributed by atoms with Crippen molar-refractivity contribution >= 4 is 0 Å². The fraction of sp³-hybridized carbons (Fsp3) is 1.00. The van der Waals surface area contributed by atoms with Crippen LogP contribution in [0.15, 0.2) is 0 Å². The average Bonchev–Trinajstić information content (AvgIpc) is 2.60. The molecule has 0 aromatic heterocycles. The maximum absolute atomic E-state index is 10.1. The summed E-state index contributed by atoms with van der Waals surface area (Å²) in [6, 6.07) is 0.675. The molecule has 0 radical (unpaired) electrons. The van der Waals surface area contributed by atoms with Gasteiger partial charge in [-0.15, -0.1) is 0 Å². The third-order valence-electron chi connectivity index (χ3n) is 3.97. The molecule has 1 fully saturated rings. The molecule has 1 rings (SSSR count). The molecule has 3 atom stereocenters. The van der Waals surface area contributed by atoms with E-state index in [1.165, 1.54) is 19.3 Å². The van der Waals surface area contributed by atoms with E-state index in [4.69, 9.17) is 0 Å². The van der Waals surface area contributed by atoms with Crippen molar-refractivity contribution in [3.8, 4) is 0 Å². The van der Waals surface area contributed by atoms with Crippen LogP contribution >= 0.6 is 0 Å². The maximum Gasteiger partial charge on any atom is 0.0626 e. The first-order valence-electron chi connectivity index (χ1n) is 6.74. The van der Waals surface area contributed by atoms with E-state index in [1.807, 2.05) is 0 Å². The SMILES string of the molecule is CC1CCC(NCC(C)(C)C(O)C(C)C)C1. The molecule has 2 nitrogen and oxygen atoms in total. The van der Waals surface area contributed by atoms with Crippen LogP contribution in [0.1, 0.15) is 53.9 Å². The molecule has 0 aliphatic heterocycles. The minimum atomic E-state index is -0.223. The molecule has 16 heavy (non-hydrogen) atoms. The van der Waals surface area contributed by atoms with Gasteiger partial charge in [0.25, 0.3) is 0 Å². The van der Waals surface area contributed by atoms with Gasteiger partial charge in [0, 0.05) is 18.0 Å². The summed E-state index contributed by atoms with van der Waals surface area (Å²) in [5, 5.41) is 13.8. The number of aliphatic hydroxyl groups is 1. The predicted octanol–water partition coefficient (Wildman–Crippen LogP) is 2.81. The zero-order valence-corrected chi connectivity index (χ0v) is 11.6. The molecule has 0 heterocycles. The second kappa shape index (κ2) is 5.50. The number of nitrogens with one attached hydrogen (secondary N) is 1. The summed E-state index contributed by atoms with van der Waals surface area (Å²) < 4.78 is 0. The summed E-state index contributed by atoms with van der Waals surface area (Å²) in [6.07, 6.45) is 3.73. The van der Waals surface area contributed by atoms with Crippen LogP contribution in [-0.4, -0.2) is 23.8 Å². The molecule has 1 aliphatic rings. The molecule has 0 aromatic rings. The highest BCUT2D eigenvalue weighted by Crippen LogP contribution is 2.28. The van der Waals surface area contributed by atoms with Gasteiger partial charge in [-0.2, -0.15) is 0 Å². The molecule has 0 aromatic carbocycles. The van der Waals surface area contributed by atoms with Crippen molar-refractivity contribution < 1.29 is 5.11 Å². The predicted molar refractivity (Wildman–Crippen MR) is 69.4 cm³/mol. The summed E-state index contributed by atoms with van der Waals surface area (Å²) in [6.45, 7) is 11.7. The summed E-state index contributed by atoms with van der Waals surface area (Å²) in [5.41, 5.74) is -0.0278. The van der Waals surface area contributed by atoms with Crippen LogP contribution in [0, 0.1) is 17.3 Å². The Balaban J connectivity index is 2.35. The van der Waals surface area contributed by atoms with Gasteiger partial charge in [0.15, 0.2) is 0 Å². The van der Waals surface area contributed by atoms with Gasteiger partial charge in [-0.3, -0.25) is 0 Å². The molecule has 0 spiro atoms.